The summed E-state index contributed by atoms with van der Waals surface area (Å²) >= 11 is 5.88. The van der Waals surface area contributed by atoms with Gasteiger partial charge in [-0.1, -0.05) is 17.7 Å². The lowest BCUT2D eigenvalue weighted by Crippen LogP contribution is -2.41. The molecular formula is C15H15ClN4O2. The molecular weight excluding hydrogens is 304 g/mol. The molecule has 1 saturated heterocycles. The Balaban J connectivity index is 1.69. The van der Waals surface area contributed by atoms with E-state index in [1.165, 1.54) is 0 Å². The van der Waals surface area contributed by atoms with Crippen LogP contribution in [0.25, 0.3) is 0 Å². The second kappa shape index (κ2) is 5.81. The number of halogens is 1. The second-order valence-corrected chi connectivity index (χ2v) is 5.62. The van der Waals surface area contributed by atoms with Crippen molar-refractivity contribution < 1.29 is 9.59 Å². The molecule has 1 aliphatic rings. The van der Waals surface area contributed by atoms with Crippen LogP contribution in [-0.2, 0) is 11.8 Å². The zero-order chi connectivity index (χ0) is 15.7. The largest absolute Gasteiger partial charge is 0.340 e. The molecule has 22 heavy (non-hydrogen) atoms. The van der Waals surface area contributed by atoms with E-state index in [0.717, 1.165) is 5.69 Å². The van der Waals surface area contributed by atoms with Crippen molar-refractivity contribution in [3.63, 3.8) is 0 Å². The van der Waals surface area contributed by atoms with Gasteiger partial charge in [0.1, 0.15) is 6.04 Å². The van der Waals surface area contributed by atoms with Crippen molar-refractivity contribution in [3.8, 4) is 0 Å². The molecule has 1 aromatic carbocycles. The number of hydrogen-bond donors (Lipinski definition) is 1. The average Bonchev–Trinajstić information content (AvgIpc) is 3.06. The first-order chi connectivity index (χ1) is 10.5. The topological polar surface area (TPSA) is 67.2 Å². The molecule has 2 aromatic rings. The molecule has 1 N–H and O–H groups in total. The molecule has 1 aromatic heterocycles. The highest BCUT2D eigenvalue weighted by Gasteiger charge is 2.34. The summed E-state index contributed by atoms with van der Waals surface area (Å²) < 4.78 is 1.64. The summed E-state index contributed by atoms with van der Waals surface area (Å²) in [5.41, 5.74) is 1.19. The third kappa shape index (κ3) is 2.82. The van der Waals surface area contributed by atoms with Crippen LogP contribution in [0.4, 0.5) is 5.69 Å². The Morgan fingerprint density at radius 3 is 2.95 bits per heavy atom. The third-order valence-corrected chi connectivity index (χ3v) is 3.84. The molecule has 0 aliphatic carbocycles. The van der Waals surface area contributed by atoms with Crippen LogP contribution in [0.5, 0.6) is 0 Å². The molecule has 7 heteroatoms. The number of carbonyl (C=O) groups excluding carboxylic acids is 2. The first-order valence-corrected chi connectivity index (χ1v) is 7.29. The predicted molar refractivity (Wildman–Crippen MR) is 82.9 cm³/mol. The number of carbonyl (C=O) groups is 2. The Morgan fingerprint density at radius 1 is 1.45 bits per heavy atom. The average molecular weight is 319 g/mol. The second-order valence-electron chi connectivity index (χ2n) is 5.19. The summed E-state index contributed by atoms with van der Waals surface area (Å²) in [5, 5.41) is 7.31. The Morgan fingerprint density at radius 2 is 2.27 bits per heavy atom. The van der Waals surface area contributed by atoms with E-state index >= 15 is 0 Å². The van der Waals surface area contributed by atoms with Gasteiger partial charge in [0, 0.05) is 30.4 Å². The first-order valence-electron chi connectivity index (χ1n) is 6.91. The number of amides is 2. The van der Waals surface area contributed by atoms with Crippen molar-refractivity contribution in [1.29, 1.82) is 0 Å². The van der Waals surface area contributed by atoms with Gasteiger partial charge in [-0.3, -0.25) is 14.3 Å². The zero-order valence-electron chi connectivity index (χ0n) is 12.0. The normalized spacial score (nSPS) is 17.8. The van der Waals surface area contributed by atoms with Crippen LogP contribution in [0.2, 0.25) is 5.02 Å². The van der Waals surface area contributed by atoms with E-state index < -0.39 is 6.04 Å². The van der Waals surface area contributed by atoms with Crippen LogP contribution >= 0.6 is 11.6 Å². The minimum Gasteiger partial charge on any atom is -0.340 e. The van der Waals surface area contributed by atoms with Crippen molar-refractivity contribution in [3.05, 3.63) is 47.2 Å². The van der Waals surface area contributed by atoms with Gasteiger partial charge in [-0.15, -0.1) is 0 Å². The van der Waals surface area contributed by atoms with Gasteiger partial charge in [0.05, 0.1) is 11.9 Å². The number of nitrogens with one attached hydrogen (secondary N) is 1. The lowest BCUT2D eigenvalue weighted by atomic mass is 10.2. The Bertz CT molecular complexity index is 728. The lowest BCUT2D eigenvalue weighted by Gasteiger charge is -2.15. The Kier molecular flexibility index (Phi) is 3.85. The molecule has 2 amide bonds. The number of anilines is 1. The van der Waals surface area contributed by atoms with Crippen LogP contribution in [0.1, 0.15) is 16.8 Å². The molecule has 0 bridgehead atoms. The highest BCUT2D eigenvalue weighted by molar-refractivity contribution is 6.31. The lowest BCUT2D eigenvalue weighted by molar-refractivity contribution is -0.118. The maximum atomic E-state index is 12.4. The number of nitrogens with zero attached hydrogens (tertiary/aromatic N) is 3. The Hall–Kier alpha value is -2.34. The van der Waals surface area contributed by atoms with E-state index in [9.17, 15) is 9.59 Å². The summed E-state index contributed by atoms with van der Waals surface area (Å²) in [6.45, 7) is 0.561. The molecule has 1 atom stereocenters. The van der Waals surface area contributed by atoms with Gasteiger partial charge in [-0.05, 0) is 24.6 Å². The first kappa shape index (κ1) is 14.6. The molecule has 1 aliphatic heterocycles. The van der Waals surface area contributed by atoms with Gasteiger partial charge < -0.3 is 10.2 Å². The van der Waals surface area contributed by atoms with E-state index in [1.54, 1.807) is 53.3 Å². The summed E-state index contributed by atoms with van der Waals surface area (Å²) in [7, 11) is 1.79. The van der Waals surface area contributed by atoms with Gasteiger partial charge in [0.25, 0.3) is 5.91 Å². The van der Waals surface area contributed by atoms with Crippen LogP contribution in [-0.4, -0.2) is 34.2 Å². The van der Waals surface area contributed by atoms with Gasteiger partial charge in [0.15, 0.2) is 0 Å². The number of aryl methyl sites for hydroxylation is 1. The molecule has 6 nitrogen and oxygen atoms in total. The maximum absolute atomic E-state index is 12.4. The molecule has 0 saturated carbocycles. The van der Waals surface area contributed by atoms with Crippen LogP contribution < -0.4 is 10.2 Å². The monoisotopic (exact) mass is 318 g/mol. The van der Waals surface area contributed by atoms with Crippen molar-refractivity contribution in [2.24, 2.45) is 7.05 Å². The van der Waals surface area contributed by atoms with Crippen LogP contribution in [0.3, 0.4) is 0 Å². The predicted octanol–water partition coefficient (Wildman–Crippen LogP) is 1.61. The molecule has 1 fully saturated rings. The van der Waals surface area contributed by atoms with Crippen LogP contribution in [0.15, 0.2) is 36.7 Å². The summed E-state index contributed by atoms with van der Waals surface area (Å²) in [6, 6.07) is 6.12. The molecule has 3 rings (SSSR count). The molecule has 0 radical (unpaired) electrons. The standard InChI is InChI=1S/C15H15ClN4O2/c1-19-9-12(8-17-19)20-6-5-13(15(20)22)18-14(21)10-3-2-4-11(16)7-10/h2-4,7-9,13H,5-6H2,1H3,(H,18,21)/t13-/m0/s1. The summed E-state index contributed by atoms with van der Waals surface area (Å²) in [5.74, 6) is -0.419. The SMILES string of the molecule is Cn1cc(N2CC[C@H](NC(=O)c3cccc(Cl)c3)C2=O)cn1. The number of hydrogen-bond acceptors (Lipinski definition) is 3. The van der Waals surface area contributed by atoms with Gasteiger partial charge in [-0.25, -0.2) is 0 Å². The van der Waals surface area contributed by atoms with Crippen molar-refractivity contribution in [2.45, 2.75) is 12.5 Å². The van der Waals surface area contributed by atoms with E-state index in [4.69, 9.17) is 11.6 Å². The molecule has 2 heterocycles. The van der Waals surface area contributed by atoms with Crippen LogP contribution in [0, 0.1) is 0 Å². The molecule has 0 spiro atoms. The van der Waals surface area contributed by atoms with Crippen molar-refractivity contribution in [2.75, 3.05) is 11.4 Å². The third-order valence-electron chi connectivity index (χ3n) is 3.60. The van der Waals surface area contributed by atoms with E-state index in [1.807, 2.05) is 0 Å². The Labute approximate surface area is 132 Å². The van der Waals surface area contributed by atoms with Gasteiger partial charge in [-0.2, -0.15) is 5.10 Å². The fourth-order valence-corrected chi connectivity index (χ4v) is 2.68. The van der Waals surface area contributed by atoms with Crippen molar-refractivity contribution in [1.82, 2.24) is 15.1 Å². The summed E-state index contributed by atoms with van der Waals surface area (Å²) in [4.78, 5) is 26.2. The van der Waals surface area contributed by atoms with E-state index in [2.05, 4.69) is 10.4 Å². The highest BCUT2D eigenvalue weighted by atomic mass is 35.5. The smallest absolute Gasteiger partial charge is 0.251 e. The summed E-state index contributed by atoms with van der Waals surface area (Å²) in [6.07, 6.45) is 3.98. The molecule has 114 valence electrons. The maximum Gasteiger partial charge on any atom is 0.251 e. The van der Waals surface area contributed by atoms with Gasteiger partial charge >= 0.3 is 0 Å². The number of rotatable bonds is 3. The number of benzene rings is 1. The quantitative estimate of drug-likeness (QED) is 0.935. The van der Waals surface area contributed by atoms with Gasteiger partial charge in [0.2, 0.25) is 5.91 Å². The van der Waals surface area contributed by atoms with E-state index in [-0.39, 0.29) is 11.8 Å². The zero-order valence-corrected chi connectivity index (χ0v) is 12.7. The number of aromatic nitrogens is 2. The molecule has 0 unspecified atom stereocenters. The van der Waals surface area contributed by atoms with E-state index in [0.29, 0.717) is 23.6 Å². The highest BCUT2D eigenvalue weighted by Crippen LogP contribution is 2.21. The fourth-order valence-electron chi connectivity index (χ4n) is 2.49. The minimum absolute atomic E-state index is 0.122. The van der Waals surface area contributed by atoms with Crippen molar-refractivity contribution >= 4 is 29.1 Å². The fraction of sp³-hybridized carbons (Fsp3) is 0.267. The minimum atomic E-state index is -0.522.